The molecule has 4 atom stereocenters. The van der Waals surface area contributed by atoms with Crippen molar-refractivity contribution in [2.75, 3.05) is 13.7 Å². The lowest BCUT2D eigenvalue weighted by Gasteiger charge is -2.24. The number of hydrogen-bond donors (Lipinski definition) is 4. The number of hydrogen-bond acceptors (Lipinski definition) is 7. The lowest BCUT2D eigenvalue weighted by Crippen LogP contribution is -2.47. The summed E-state index contributed by atoms with van der Waals surface area (Å²) < 4.78 is 0. The summed E-state index contributed by atoms with van der Waals surface area (Å²) in [6.07, 6.45) is -6.12. The molecule has 0 radical (unpaired) electrons. The Morgan fingerprint density at radius 2 is 1.86 bits per heavy atom. The molecule has 4 N–H and O–H groups in total. The average Bonchev–Trinajstić information content (AvgIpc) is 2.22. The molecule has 84 valence electrons. The first-order valence-corrected chi connectivity index (χ1v) is 3.88. The van der Waals surface area contributed by atoms with E-state index in [4.69, 9.17) is 15.3 Å². The van der Waals surface area contributed by atoms with Crippen LogP contribution < -0.4 is 0 Å². The highest BCUT2D eigenvalue weighted by Crippen LogP contribution is 2.06. The third-order valence-corrected chi connectivity index (χ3v) is 1.61. The summed E-state index contributed by atoms with van der Waals surface area (Å²) in [4.78, 5) is 18.8. The molecule has 0 aliphatic heterocycles. The summed E-state index contributed by atoms with van der Waals surface area (Å²) in [5.41, 5.74) is 0. The van der Waals surface area contributed by atoms with E-state index in [9.17, 15) is 9.90 Å². The number of rotatable bonds is 7. The molecule has 0 aromatic heterocycles. The number of carbonyl (C=O) groups excluding carboxylic acids is 1. The molecular weight excluding hydrogens is 196 g/mol. The van der Waals surface area contributed by atoms with Crippen molar-refractivity contribution < 1.29 is 35.0 Å². The highest BCUT2D eigenvalue weighted by molar-refractivity contribution is 5.57. The molecule has 0 aromatic rings. The normalized spacial score (nSPS) is 19.8. The molecule has 0 aliphatic carbocycles. The van der Waals surface area contributed by atoms with E-state index in [1.54, 1.807) is 0 Å². The molecule has 0 saturated heterocycles. The number of carbonyl (C=O) groups is 1. The first kappa shape index (κ1) is 13.4. The van der Waals surface area contributed by atoms with Gasteiger partial charge in [0.15, 0.2) is 12.4 Å². The maximum absolute atomic E-state index is 10.3. The quantitative estimate of drug-likeness (QED) is 0.204. The largest absolute Gasteiger partial charge is 0.394 e. The average molecular weight is 210 g/mol. The summed E-state index contributed by atoms with van der Waals surface area (Å²) in [5.74, 6) is 0. The molecule has 0 aromatic carbocycles. The van der Waals surface area contributed by atoms with E-state index < -0.39 is 31.0 Å². The standard InChI is InChI=1S/C7H14O7/c1-13-14-5(3-9)7(12)6(11)4(10)2-8/h3-8,10-12H,2H2,1H3/t4-,5+,6+,7-/m1/s1. The maximum atomic E-state index is 10.3. The van der Waals surface area contributed by atoms with Crippen LogP contribution >= 0.6 is 0 Å². The minimum Gasteiger partial charge on any atom is -0.394 e. The van der Waals surface area contributed by atoms with E-state index in [1.165, 1.54) is 0 Å². The van der Waals surface area contributed by atoms with Gasteiger partial charge in [0, 0.05) is 0 Å². The van der Waals surface area contributed by atoms with Crippen LogP contribution in [0.1, 0.15) is 0 Å². The Bertz CT molecular complexity index is 162. The van der Waals surface area contributed by atoms with Crippen molar-refractivity contribution in [1.82, 2.24) is 0 Å². The van der Waals surface area contributed by atoms with E-state index in [0.29, 0.717) is 0 Å². The molecule has 0 rings (SSSR count). The van der Waals surface area contributed by atoms with Crippen LogP contribution in [0.4, 0.5) is 0 Å². The van der Waals surface area contributed by atoms with Gasteiger partial charge in [-0.3, -0.25) is 0 Å². The number of aliphatic hydroxyl groups is 4. The Kier molecular flexibility index (Phi) is 6.54. The van der Waals surface area contributed by atoms with Gasteiger partial charge < -0.3 is 25.2 Å². The number of aldehydes is 1. The Labute approximate surface area is 80.4 Å². The van der Waals surface area contributed by atoms with E-state index in [2.05, 4.69) is 9.78 Å². The minimum atomic E-state index is -1.69. The zero-order valence-electron chi connectivity index (χ0n) is 7.61. The zero-order chi connectivity index (χ0) is 11.1. The fraction of sp³-hybridized carbons (Fsp3) is 0.857. The van der Waals surface area contributed by atoms with Gasteiger partial charge in [-0.25, -0.2) is 9.78 Å². The molecule has 0 spiro atoms. The van der Waals surface area contributed by atoms with Crippen molar-refractivity contribution in [1.29, 1.82) is 0 Å². The third kappa shape index (κ3) is 3.66. The van der Waals surface area contributed by atoms with E-state index >= 15 is 0 Å². The van der Waals surface area contributed by atoms with Crippen molar-refractivity contribution in [3.8, 4) is 0 Å². The lowest BCUT2D eigenvalue weighted by molar-refractivity contribution is -0.315. The molecule has 0 heterocycles. The second-order valence-corrected chi connectivity index (χ2v) is 2.59. The molecule has 7 nitrogen and oxygen atoms in total. The van der Waals surface area contributed by atoms with Gasteiger partial charge in [-0.1, -0.05) is 0 Å². The number of aliphatic hydroxyl groups excluding tert-OH is 4. The molecule has 0 saturated carbocycles. The Balaban J connectivity index is 4.25. The predicted octanol–water partition coefficient (Wildman–Crippen LogP) is -2.79. The van der Waals surface area contributed by atoms with Crippen LogP contribution in [-0.4, -0.2) is 64.8 Å². The molecule has 0 bridgehead atoms. The highest BCUT2D eigenvalue weighted by atomic mass is 17.2. The van der Waals surface area contributed by atoms with Gasteiger partial charge in [0.05, 0.1) is 13.7 Å². The minimum absolute atomic E-state index is 0.210. The molecule has 0 amide bonds. The predicted molar refractivity (Wildman–Crippen MR) is 43.1 cm³/mol. The summed E-state index contributed by atoms with van der Waals surface area (Å²) in [7, 11) is 1.12. The topological polar surface area (TPSA) is 116 Å². The van der Waals surface area contributed by atoms with Gasteiger partial charge in [-0.2, -0.15) is 0 Å². The molecule has 0 unspecified atom stereocenters. The lowest BCUT2D eigenvalue weighted by atomic mass is 10.0. The third-order valence-electron chi connectivity index (χ3n) is 1.61. The smallest absolute Gasteiger partial charge is 0.176 e. The second-order valence-electron chi connectivity index (χ2n) is 2.59. The van der Waals surface area contributed by atoms with Crippen LogP contribution in [0.2, 0.25) is 0 Å². The first-order chi connectivity index (χ1) is 6.58. The van der Waals surface area contributed by atoms with Crippen molar-refractivity contribution >= 4 is 6.29 Å². The molecule has 0 aliphatic rings. The van der Waals surface area contributed by atoms with Gasteiger partial charge in [-0.15, -0.1) is 0 Å². The van der Waals surface area contributed by atoms with Gasteiger partial charge in [-0.05, 0) is 0 Å². The van der Waals surface area contributed by atoms with Crippen LogP contribution in [0.25, 0.3) is 0 Å². The van der Waals surface area contributed by atoms with Crippen molar-refractivity contribution in [3.05, 3.63) is 0 Å². The molecule has 14 heavy (non-hydrogen) atoms. The van der Waals surface area contributed by atoms with Crippen LogP contribution in [0, 0.1) is 0 Å². The van der Waals surface area contributed by atoms with Gasteiger partial charge in [0.25, 0.3) is 0 Å². The fourth-order valence-corrected chi connectivity index (χ4v) is 0.801. The van der Waals surface area contributed by atoms with Crippen molar-refractivity contribution in [3.63, 3.8) is 0 Å². The fourth-order valence-electron chi connectivity index (χ4n) is 0.801. The zero-order valence-corrected chi connectivity index (χ0v) is 7.61. The van der Waals surface area contributed by atoms with E-state index in [-0.39, 0.29) is 6.29 Å². The summed E-state index contributed by atoms with van der Waals surface area (Å²) in [6.45, 7) is -0.739. The Morgan fingerprint density at radius 1 is 1.29 bits per heavy atom. The Morgan fingerprint density at radius 3 is 2.21 bits per heavy atom. The molecule has 0 fully saturated rings. The SMILES string of the molecule is COO[C@@H](C=O)[C@@H](O)[C@@H](O)[C@H](O)CO. The summed E-state index contributed by atoms with van der Waals surface area (Å²) >= 11 is 0. The van der Waals surface area contributed by atoms with Gasteiger partial charge >= 0.3 is 0 Å². The van der Waals surface area contributed by atoms with Crippen LogP contribution in [-0.2, 0) is 14.6 Å². The van der Waals surface area contributed by atoms with Gasteiger partial charge in [0.1, 0.15) is 18.3 Å². The molecule has 7 heteroatoms. The Hall–Kier alpha value is -0.570. The van der Waals surface area contributed by atoms with Crippen LogP contribution in [0.5, 0.6) is 0 Å². The van der Waals surface area contributed by atoms with Crippen molar-refractivity contribution in [2.45, 2.75) is 24.4 Å². The summed E-state index contributed by atoms with van der Waals surface area (Å²) in [5, 5.41) is 35.8. The monoisotopic (exact) mass is 210 g/mol. The van der Waals surface area contributed by atoms with E-state index in [1.807, 2.05) is 0 Å². The highest BCUT2D eigenvalue weighted by Gasteiger charge is 2.32. The molecular formula is C7H14O7. The van der Waals surface area contributed by atoms with Crippen molar-refractivity contribution in [2.24, 2.45) is 0 Å². The van der Waals surface area contributed by atoms with Gasteiger partial charge in [0.2, 0.25) is 0 Å². The second kappa shape index (κ2) is 6.82. The van der Waals surface area contributed by atoms with E-state index in [0.717, 1.165) is 7.11 Å². The van der Waals surface area contributed by atoms with Crippen LogP contribution in [0.15, 0.2) is 0 Å². The summed E-state index contributed by atoms with van der Waals surface area (Å²) in [6, 6.07) is 0. The van der Waals surface area contributed by atoms with Crippen LogP contribution in [0.3, 0.4) is 0 Å². The maximum Gasteiger partial charge on any atom is 0.176 e. The first-order valence-electron chi connectivity index (χ1n) is 3.88.